The van der Waals surface area contributed by atoms with Crippen molar-refractivity contribution >= 4 is 19.2 Å². The van der Waals surface area contributed by atoms with Crippen LogP contribution >= 0.6 is 19.2 Å². The minimum absolute atomic E-state index is 0.165. The zero-order chi connectivity index (χ0) is 11.2. The lowest BCUT2D eigenvalue weighted by Crippen LogP contribution is -2.01. The molecule has 0 aromatic heterocycles. The minimum atomic E-state index is -3.02. The maximum Gasteiger partial charge on any atom is 0.335 e. The van der Waals surface area contributed by atoms with Gasteiger partial charge in [-0.25, -0.2) is 0 Å². The van der Waals surface area contributed by atoms with Crippen LogP contribution in [-0.2, 0) is 13.6 Å². The summed E-state index contributed by atoms with van der Waals surface area (Å²) in [6.07, 6.45) is 0.165. The maximum atomic E-state index is 12.0. The van der Waals surface area contributed by atoms with E-state index in [9.17, 15) is 4.57 Å². The molecule has 0 unspecified atom stereocenters. The quantitative estimate of drug-likeness (QED) is 0.663. The van der Waals surface area contributed by atoms with Crippen LogP contribution in [0.15, 0.2) is 10.6 Å². The Hall–Kier alpha value is 0.180. The van der Waals surface area contributed by atoms with Gasteiger partial charge in [0, 0.05) is 5.03 Å². The Morgan fingerprint density at radius 2 is 1.64 bits per heavy atom. The standard InChI is InChI=1S/C9H18ClO3P/c1-5-12-14(11,13-6-2)7-9(10)8(3)4/h5-7H2,1-4H3. The van der Waals surface area contributed by atoms with Gasteiger partial charge in [0.05, 0.1) is 19.4 Å². The van der Waals surface area contributed by atoms with Gasteiger partial charge in [0.2, 0.25) is 0 Å². The molecule has 5 heteroatoms. The molecule has 0 bridgehead atoms. The van der Waals surface area contributed by atoms with E-state index >= 15 is 0 Å². The molecule has 0 saturated carbocycles. The van der Waals surface area contributed by atoms with E-state index in [1.165, 1.54) is 0 Å². The maximum absolute atomic E-state index is 12.0. The van der Waals surface area contributed by atoms with Crippen molar-refractivity contribution in [3.05, 3.63) is 10.6 Å². The van der Waals surface area contributed by atoms with Gasteiger partial charge in [-0.1, -0.05) is 17.2 Å². The van der Waals surface area contributed by atoms with Gasteiger partial charge in [0.1, 0.15) is 0 Å². The van der Waals surface area contributed by atoms with E-state index in [4.69, 9.17) is 20.6 Å². The molecule has 0 amide bonds. The van der Waals surface area contributed by atoms with Crippen molar-refractivity contribution in [1.29, 1.82) is 0 Å². The van der Waals surface area contributed by atoms with Gasteiger partial charge in [-0.15, -0.1) is 0 Å². The van der Waals surface area contributed by atoms with Crippen LogP contribution in [-0.4, -0.2) is 19.4 Å². The Labute approximate surface area is 91.0 Å². The number of halogens is 1. The van der Waals surface area contributed by atoms with Crippen LogP contribution in [0.3, 0.4) is 0 Å². The van der Waals surface area contributed by atoms with Crippen molar-refractivity contribution in [1.82, 2.24) is 0 Å². The van der Waals surface area contributed by atoms with Crippen LogP contribution in [0, 0.1) is 0 Å². The predicted octanol–water partition coefficient (Wildman–Crippen LogP) is 3.79. The molecular formula is C9H18ClO3P. The minimum Gasteiger partial charge on any atom is -0.309 e. The Morgan fingerprint density at radius 1 is 1.21 bits per heavy atom. The molecule has 14 heavy (non-hydrogen) atoms. The van der Waals surface area contributed by atoms with Crippen LogP contribution < -0.4 is 0 Å². The molecule has 0 aliphatic rings. The van der Waals surface area contributed by atoms with E-state index < -0.39 is 7.60 Å². The van der Waals surface area contributed by atoms with E-state index in [-0.39, 0.29) is 6.16 Å². The van der Waals surface area contributed by atoms with Crippen molar-refractivity contribution in [3.8, 4) is 0 Å². The van der Waals surface area contributed by atoms with Crippen LogP contribution in [0.2, 0.25) is 0 Å². The highest BCUT2D eigenvalue weighted by Gasteiger charge is 2.24. The van der Waals surface area contributed by atoms with Gasteiger partial charge in [-0.3, -0.25) is 4.57 Å². The molecule has 84 valence electrons. The fourth-order valence-electron chi connectivity index (χ4n) is 0.850. The largest absolute Gasteiger partial charge is 0.335 e. The fraction of sp³-hybridized carbons (Fsp3) is 0.778. The van der Waals surface area contributed by atoms with Crippen LogP contribution in [0.4, 0.5) is 0 Å². The Morgan fingerprint density at radius 3 is 1.93 bits per heavy atom. The molecule has 0 spiro atoms. The number of rotatable bonds is 6. The molecule has 0 aromatic carbocycles. The van der Waals surface area contributed by atoms with Gasteiger partial charge in [0.15, 0.2) is 0 Å². The van der Waals surface area contributed by atoms with Crippen molar-refractivity contribution in [2.24, 2.45) is 0 Å². The summed E-state index contributed by atoms with van der Waals surface area (Å²) in [4.78, 5) is 0. The Bertz CT molecular complexity index is 236. The first-order chi connectivity index (χ1) is 6.45. The zero-order valence-electron chi connectivity index (χ0n) is 9.17. The molecule has 3 nitrogen and oxygen atoms in total. The van der Waals surface area contributed by atoms with Gasteiger partial charge in [0.25, 0.3) is 0 Å². The molecule has 0 N–H and O–H groups in total. The lowest BCUT2D eigenvalue weighted by atomic mass is 10.3. The van der Waals surface area contributed by atoms with Gasteiger partial charge < -0.3 is 9.05 Å². The summed E-state index contributed by atoms with van der Waals surface area (Å²) in [5.41, 5.74) is 0.936. The van der Waals surface area contributed by atoms with E-state index in [1.807, 2.05) is 13.8 Å². The summed E-state index contributed by atoms with van der Waals surface area (Å²) in [5, 5.41) is 0.551. The first-order valence-corrected chi connectivity index (χ1v) is 6.75. The molecule has 0 radical (unpaired) electrons. The monoisotopic (exact) mass is 240 g/mol. The van der Waals surface area contributed by atoms with Crippen LogP contribution in [0.25, 0.3) is 0 Å². The summed E-state index contributed by atoms with van der Waals surface area (Å²) >= 11 is 5.92. The number of hydrogen-bond donors (Lipinski definition) is 0. The first-order valence-electron chi connectivity index (χ1n) is 4.65. The third-order valence-electron chi connectivity index (χ3n) is 1.53. The molecule has 0 saturated heterocycles. The van der Waals surface area contributed by atoms with E-state index in [1.54, 1.807) is 13.8 Å². The van der Waals surface area contributed by atoms with Gasteiger partial charge in [-0.2, -0.15) is 0 Å². The SMILES string of the molecule is CCOP(=O)(CC(Cl)=C(C)C)OCC. The highest BCUT2D eigenvalue weighted by Crippen LogP contribution is 2.50. The van der Waals surface area contributed by atoms with E-state index in [2.05, 4.69) is 0 Å². The second-order valence-corrected chi connectivity index (χ2v) is 5.52. The smallest absolute Gasteiger partial charge is 0.309 e. The van der Waals surface area contributed by atoms with E-state index in [0.29, 0.717) is 18.2 Å². The summed E-state index contributed by atoms with van der Waals surface area (Å²) in [5.74, 6) is 0. The highest BCUT2D eigenvalue weighted by atomic mass is 35.5. The molecule has 0 heterocycles. The number of hydrogen-bond acceptors (Lipinski definition) is 3. The molecule has 0 rings (SSSR count). The second kappa shape index (κ2) is 6.62. The normalized spacial score (nSPS) is 11.5. The first kappa shape index (κ1) is 14.2. The summed E-state index contributed by atoms with van der Waals surface area (Å²) in [7, 11) is -3.02. The third kappa shape index (κ3) is 5.16. The average Bonchev–Trinajstić information content (AvgIpc) is 2.04. The zero-order valence-corrected chi connectivity index (χ0v) is 10.8. The molecule has 0 aliphatic heterocycles. The second-order valence-electron chi connectivity index (χ2n) is 3.01. The molecular weight excluding hydrogens is 223 g/mol. The average molecular weight is 241 g/mol. The molecule has 0 aromatic rings. The highest BCUT2D eigenvalue weighted by molar-refractivity contribution is 7.54. The topological polar surface area (TPSA) is 35.5 Å². The van der Waals surface area contributed by atoms with Gasteiger partial charge in [-0.05, 0) is 27.7 Å². The third-order valence-corrected chi connectivity index (χ3v) is 4.23. The fourth-order valence-corrected chi connectivity index (χ4v) is 2.99. The molecule has 0 atom stereocenters. The molecule has 0 aliphatic carbocycles. The van der Waals surface area contributed by atoms with Crippen molar-refractivity contribution < 1.29 is 13.6 Å². The van der Waals surface area contributed by atoms with Crippen LogP contribution in [0.5, 0.6) is 0 Å². The Balaban J connectivity index is 4.52. The van der Waals surface area contributed by atoms with Crippen molar-refractivity contribution in [3.63, 3.8) is 0 Å². The lowest BCUT2D eigenvalue weighted by Gasteiger charge is -2.16. The summed E-state index contributed by atoms with van der Waals surface area (Å²) in [6.45, 7) is 8.02. The van der Waals surface area contributed by atoms with Crippen molar-refractivity contribution in [2.45, 2.75) is 27.7 Å². The summed E-state index contributed by atoms with van der Waals surface area (Å²) < 4.78 is 22.2. The summed E-state index contributed by atoms with van der Waals surface area (Å²) in [6, 6.07) is 0. The lowest BCUT2D eigenvalue weighted by molar-refractivity contribution is 0.222. The number of allylic oxidation sites excluding steroid dienone is 2. The van der Waals surface area contributed by atoms with Gasteiger partial charge >= 0.3 is 7.60 Å². The molecule has 0 fully saturated rings. The predicted molar refractivity (Wildman–Crippen MR) is 60.0 cm³/mol. The van der Waals surface area contributed by atoms with Crippen molar-refractivity contribution in [2.75, 3.05) is 19.4 Å². The van der Waals surface area contributed by atoms with E-state index in [0.717, 1.165) is 5.57 Å². The van der Waals surface area contributed by atoms with Crippen LogP contribution in [0.1, 0.15) is 27.7 Å². The Kier molecular flexibility index (Phi) is 6.71.